The minimum atomic E-state index is -0.234. The molecule has 0 N–H and O–H groups in total. The second-order valence-corrected chi connectivity index (χ2v) is 7.35. The molecule has 0 aliphatic heterocycles. The maximum atomic E-state index is 11.8. The minimum absolute atomic E-state index is 0.162. The SMILES string of the molecule is C=C(C)C(=C)OCCOc1ccc2cc3cc(OC(=O)C(C)C)ccc3cc2c1. The van der Waals surface area contributed by atoms with E-state index in [9.17, 15) is 4.79 Å². The molecule has 0 amide bonds. The highest BCUT2D eigenvalue weighted by Crippen LogP contribution is 2.29. The first-order valence-electron chi connectivity index (χ1n) is 9.63. The van der Waals surface area contributed by atoms with Crippen LogP contribution in [0.15, 0.2) is 73.0 Å². The van der Waals surface area contributed by atoms with Gasteiger partial charge in [0.05, 0.1) is 5.92 Å². The Morgan fingerprint density at radius 1 is 0.862 bits per heavy atom. The van der Waals surface area contributed by atoms with Crippen molar-refractivity contribution in [3.05, 3.63) is 73.0 Å². The lowest BCUT2D eigenvalue weighted by Crippen LogP contribution is -2.14. The number of allylic oxidation sites excluding steroid dienone is 1. The van der Waals surface area contributed by atoms with Gasteiger partial charge < -0.3 is 14.2 Å². The van der Waals surface area contributed by atoms with Crippen LogP contribution in [0, 0.1) is 5.92 Å². The molecule has 0 fully saturated rings. The van der Waals surface area contributed by atoms with E-state index in [0.29, 0.717) is 24.7 Å². The van der Waals surface area contributed by atoms with Gasteiger partial charge in [0.2, 0.25) is 0 Å². The third kappa shape index (κ3) is 5.17. The predicted octanol–water partition coefficient (Wildman–Crippen LogP) is 6.04. The Hall–Kier alpha value is -3.27. The van der Waals surface area contributed by atoms with Crippen molar-refractivity contribution in [3.8, 4) is 11.5 Å². The second-order valence-electron chi connectivity index (χ2n) is 7.35. The Balaban J connectivity index is 1.74. The summed E-state index contributed by atoms with van der Waals surface area (Å²) in [6.45, 7) is 13.9. The van der Waals surface area contributed by atoms with Gasteiger partial charge in [-0.15, -0.1) is 0 Å². The normalized spacial score (nSPS) is 10.9. The summed E-state index contributed by atoms with van der Waals surface area (Å²) < 4.78 is 16.7. The number of fused-ring (bicyclic) bond motifs is 2. The van der Waals surface area contributed by atoms with Crippen molar-refractivity contribution in [3.63, 3.8) is 0 Å². The lowest BCUT2D eigenvalue weighted by Gasteiger charge is -2.11. The van der Waals surface area contributed by atoms with E-state index in [1.807, 2.05) is 57.2 Å². The molecule has 0 aliphatic rings. The van der Waals surface area contributed by atoms with Crippen LogP contribution in [-0.2, 0) is 9.53 Å². The van der Waals surface area contributed by atoms with Crippen LogP contribution in [0.1, 0.15) is 20.8 Å². The smallest absolute Gasteiger partial charge is 0.313 e. The number of hydrogen-bond donors (Lipinski definition) is 0. The first-order chi connectivity index (χ1) is 13.8. The number of carbonyl (C=O) groups is 1. The molecule has 0 atom stereocenters. The molecule has 29 heavy (non-hydrogen) atoms. The van der Waals surface area contributed by atoms with E-state index in [-0.39, 0.29) is 11.9 Å². The summed E-state index contributed by atoms with van der Waals surface area (Å²) in [5.41, 5.74) is 0.810. The van der Waals surface area contributed by atoms with Crippen LogP contribution in [0.25, 0.3) is 21.5 Å². The summed E-state index contributed by atoms with van der Waals surface area (Å²) >= 11 is 0. The van der Waals surface area contributed by atoms with Crippen molar-refractivity contribution < 1.29 is 19.0 Å². The first-order valence-corrected chi connectivity index (χ1v) is 9.63. The van der Waals surface area contributed by atoms with Crippen LogP contribution < -0.4 is 9.47 Å². The molecule has 0 unspecified atom stereocenters. The average Bonchev–Trinajstić information content (AvgIpc) is 2.69. The highest BCUT2D eigenvalue weighted by molar-refractivity contribution is 5.99. The van der Waals surface area contributed by atoms with Gasteiger partial charge in [-0.05, 0) is 70.4 Å². The summed E-state index contributed by atoms with van der Waals surface area (Å²) in [5.74, 6) is 1.53. The average molecular weight is 390 g/mol. The van der Waals surface area contributed by atoms with Crippen molar-refractivity contribution in [2.45, 2.75) is 20.8 Å². The third-order valence-corrected chi connectivity index (χ3v) is 4.53. The number of rotatable bonds is 8. The van der Waals surface area contributed by atoms with Crippen LogP contribution in [0.3, 0.4) is 0 Å². The number of benzene rings is 3. The van der Waals surface area contributed by atoms with Gasteiger partial charge in [0.25, 0.3) is 0 Å². The molecule has 0 radical (unpaired) electrons. The predicted molar refractivity (Wildman–Crippen MR) is 117 cm³/mol. The van der Waals surface area contributed by atoms with Gasteiger partial charge in [-0.3, -0.25) is 4.79 Å². The molecule has 0 saturated carbocycles. The van der Waals surface area contributed by atoms with E-state index in [0.717, 1.165) is 32.9 Å². The molecule has 4 nitrogen and oxygen atoms in total. The molecule has 0 saturated heterocycles. The van der Waals surface area contributed by atoms with Crippen LogP contribution in [0.5, 0.6) is 11.5 Å². The van der Waals surface area contributed by atoms with Gasteiger partial charge in [-0.1, -0.05) is 39.1 Å². The molecule has 3 aromatic rings. The molecule has 150 valence electrons. The quantitative estimate of drug-likeness (QED) is 0.117. The first kappa shape index (κ1) is 20.5. The van der Waals surface area contributed by atoms with Crippen LogP contribution >= 0.6 is 0 Å². The van der Waals surface area contributed by atoms with Crippen molar-refractivity contribution in [1.82, 2.24) is 0 Å². The Kier molecular flexibility index (Phi) is 6.23. The van der Waals surface area contributed by atoms with Crippen molar-refractivity contribution in [2.24, 2.45) is 5.92 Å². The molecule has 4 heteroatoms. The molecule has 0 aliphatic carbocycles. The summed E-state index contributed by atoms with van der Waals surface area (Å²) in [6.07, 6.45) is 0. The van der Waals surface area contributed by atoms with Gasteiger partial charge >= 0.3 is 5.97 Å². The minimum Gasteiger partial charge on any atom is -0.490 e. The van der Waals surface area contributed by atoms with Gasteiger partial charge in [-0.25, -0.2) is 0 Å². The number of esters is 1. The highest BCUT2D eigenvalue weighted by atomic mass is 16.5. The summed E-state index contributed by atoms with van der Waals surface area (Å²) in [7, 11) is 0. The molecular weight excluding hydrogens is 364 g/mol. The zero-order chi connectivity index (χ0) is 21.0. The van der Waals surface area contributed by atoms with Crippen LogP contribution in [-0.4, -0.2) is 19.2 Å². The maximum Gasteiger partial charge on any atom is 0.313 e. The Bertz CT molecular complexity index is 1080. The fourth-order valence-electron chi connectivity index (χ4n) is 2.79. The molecule has 0 aromatic heterocycles. The fourth-order valence-corrected chi connectivity index (χ4v) is 2.79. The highest BCUT2D eigenvalue weighted by Gasteiger charge is 2.10. The van der Waals surface area contributed by atoms with Gasteiger partial charge in [0, 0.05) is 0 Å². The van der Waals surface area contributed by atoms with Crippen LogP contribution in [0.4, 0.5) is 0 Å². The third-order valence-electron chi connectivity index (χ3n) is 4.53. The van der Waals surface area contributed by atoms with Crippen LogP contribution in [0.2, 0.25) is 0 Å². The fraction of sp³-hybridized carbons (Fsp3) is 0.240. The Morgan fingerprint density at radius 2 is 1.45 bits per heavy atom. The molecule has 3 aromatic carbocycles. The van der Waals surface area contributed by atoms with Gasteiger partial charge in [0.15, 0.2) is 0 Å². The molecule has 0 bridgehead atoms. The summed E-state index contributed by atoms with van der Waals surface area (Å²) in [4.78, 5) is 11.8. The van der Waals surface area contributed by atoms with E-state index in [1.165, 1.54) is 0 Å². The Labute approximate surface area is 171 Å². The second kappa shape index (κ2) is 8.82. The zero-order valence-electron chi connectivity index (χ0n) is 17.2. The molecule has 0 heterocycles. The summed E-state index contributed by atoms with van der Waals surface area (Å²) in [5, 5.41) is 4.25. The molecular formula is C25H26O4. The van der Waals surface area contributed by atoms with Crippen molar-refractivity contribution >= 4 is 27.5 Å². The van der Waals surface area contributed by atoms with Gasteiger partial charge in [0.1, 0.15) is 30.5 Å². The zero-order valence-corrected chi connectivity index (χ0v) is 17.2. The largest absolute Gasteiger partial charge is 0.490 e. The lowest BCUT2D eigenvalue weighted by molar-refractivity contribution is -0.137. The standard InChI is InChI=1S/C25H26O4/c1-16(2)18(5)27-10-11-28-23-8-6-19-13-22-15-24(29-25(26)17(3)4)9-7-20(22)12-21(19)14-23/h6-9,12-15,17H,1,5,10-11H2,2-4H3. The van der Waals surface area contributed by atoms with E-state index in [4.69, 9.17) is 14.2 Å². The van der Waals surface area contributed by atoms with Gasteiger partial charge in [-0.2, -0.15) is 0 Å². The maximum absolute atomic E-state index is 11.8. The van der Waals surface area contributed by atoms with Crippen molar-refractivity contribution in [2.75, 3.05) is 13.2 Å². The van der Waals surface area contributed by atoms with E-state index in [1.54, 1.807) is 0 Å². The molecule has 0 spiro atoms. The van der Waals surface area contributed by atoms with E-state index < -0.39 is 0 Å². The summed E-state index contributed by atoms with van der Waals surface area (Å²) in [6, 6.07) is 15.8. The molecule has 3 rings (SSSR count). The lowest BCUT2D eigenvalue weighted by atomic mass is 10.0. The monoisotopic (exact) mass is 390 g/mol. The van der Waals surface area contributed by atoms with E-state index in [2.05, 4.69) is 25.3 Å². The topological polar surface area (TPSA) is 44.8 Å². The number of carbonyl (C=O) groups excluding carboxylic acids is 1. The number of ether oxygens (including phenoxy) is 3. The Morgan fingerprint density at radius 3 is 2.03 bits per heavy atom. The number of hydrogen-bond acceptors (Lipinski definition) is 4. The van der Waals surface area contributed by atoms with E-state index >= 15 is 0 Å². The van der Waals surface area contributed by atoms with Crippen molar-refractivity contribution in [1.29, 1.82) is 0 Å².